The molecule has 0 saturated carbocycles. The van der Waals surface area contributed by atoms with Gasteiger partial charge in [0.1, 0.15) is 11.5 Å². The van der Waals surface area contributed by atoms with Gasteiger partial charge in [-0.3, -0.25) is 9.59 Å². The van der Waals surface area contributed by atoms with E-state index in [1.54, 1.807) is 30.3 Å². The molecule has 1 atom stereocenters. The van der Waals surface area contributed by atoms with Crippen LogP contribution in [0.3, 0.4) is 0 Å². The predicted molar refractivity (Wildman–Crippen MR) is 133 cm³/mol. The summed E-state index contributed by atoms with van der Waals surface area (Å²) in [4.78, 5) is 27.7. The first kappa shape index (κ1) is 25.8. The molecule has 1 N–H and O–H groups in total. The van der Waals surface area contributed by atoms with Gasteiger partial charge in [0.05, 0.1) is 45.2 Å². The number of likely N-dealkylation sites (tertiary alicyclic amines) is 1. The van der Waals surface area contributed by atoms with Crippen LogP contribution in [0, 0.1) is 5.82 Å². The highest BCUT2D eigenvalue weighted by Gasteiger charge is 2.46. The van der Waals surface area contributed by atoms with Gasteiger partial charge in [0.15, 0.2) is 23.1 Å². The standard InChI is InChI=1S/C28H28FNO7/c1-4-5-12-37-22-11-8-17(15-23(22)35-3)25-24(26(31)18-9-10-21(34-2)20(29)14-18)27(32)28(33)30(25)16-19-7-6-13-36-19/h6-11,13-15,25,31H,4-5,12,16H2,1-3H3. The topological polar surface area (TPSA) is 98.4 Å². The van der Waals surface area contributed by atoms with Crippen LogP contribution in [0.2, 0.25) is 0 Å². The number of aliphatic hydroxyl groups is 1. The zero-order valence-corrected chi connectivity index (χ0v) is 20.8. The number of carbonyl (C=O) groups excluding carboxylic acids is 2. The van der Waals surface area contributed by atoms with Crippen LogP contribution in [0.1, 0.15) is 42.7 Å². The second-order valence-corrected chi connectivity index (χ2v) is 8.47. The number of amides is 1. The minimum absolute atomic E-state index is 0.0187. The number of benzene rings is 2. The molecule has 0 bridgehead atoms. The molecule has 1 fully saturated rings. The van der Waals surface area contributed by atoms with Crippen LogP contribution < -0.4 is 14.2 Å². The molecule has 0 spiro atoms. The Labute approximate surface area is 213 Å². The van der Waals surface area contributed by atoms with Gasteiger partial charge >= 0.3 is 0 Å². The number of hydrogen-bond acceptors (Lipinski definition) is 7. The first-order chi connectivity index (χ1) is 17.9. The van der Waals surface area contributed by atoms with Crippen molar-refractivity contribution >= 4 is 17.4 Å². The number of hydrogen-bond donors (Lipinski definition) is 1. The number of carbonyl (C=O) groups is 2. The van der Waals surface area contributed by atoms with Crippen molar-refractivity contribution in [3.05, 3.63) is 83.1 Å². The molecule has 37 heavy (non-hydrogen) atoms. The molecule has 3 aromatic rings. The number of methoxy groups -OCH3 is 2. The molecule has 1 aliphatic rings. The number of Topliss-reactive ketones (excluding diaryl/α,β-unsaturated/α-hetero) is 1. The molecule has 9 heteroatoms. The third-order valence-corrected chi connectivity index (χ3v) is 6.13. The van der Waals surface area contributed by atoms with Crippen LogP contribution in [0.5, 0.6) is 17.2 Å². The second-order valence-electron chi connectivity index (χ2n) is 8.47. The molecule has 1 saturated heterocycles. The van der Waals surface area contributed by atoms with E-state index >= 15 is 0 Å². The van der Waals surface area contributed by atoms with Crippen molar-refractivity contribution in [2.45, 2.75) is 32.4 Å². The van der Waals surface area contributed by atoms with Gasteiger partial charge in [-0.05, 0) is 54.4 Å². The molecule has 4 rings (SSSR count). The van der Waals surface area contributed by atoms with Crippen molar-refractivity contribution in [1.82, 2.24) is 4.90 Å². The van der Waals surface area contributed by atoms with E-state index in [9.17, 15) is 19.1 Å². The SMILES string of the molecule is CCCCOc1ccc(C2C(=C(O)c3ccc(OC)c(F)c3)C(=O)C(=O)N2Cc2ccco2)cc1OC. The third kappa shape index (κ3) is 5.16. The predicted octanol–water partition coefficient (Wildman–Crippen LogP) is 5.24. The smallest absolute Gasteiger partial charge is 0.296 e. The summed E-state index contributed by atoms with van der Waals surface area (Å²) in [6.45, 7) is 2.54. The maximum Gasteiger partial charge on any atom is 0.296 e. The average Bonchev–Trinajstić information content (AvgIpc) is 3.51. The number of rotatable bonds is 10. The van der Waals surface area contributed by atoms with Gasteiger partial charge < -0.3 is 28.6 Å². The van der Waals surface area contributed by atoms with Crippen LogP contribution in [-0.4, -0.2) is 42.5 Å². The van der Waals surface area contributed by atoms with E-state index in [4.69, 9.17) is 18.6 Å². The summed E-state index contributed by atoms with van der Waals surface area (Å²) < 4.78 is 36.1. The number of nitrogens with zero attached hydrogens (tertiary/aromatic N) is 1. The van der Waals surface area contributed by atoms with Gasteiger partial charge in [-0.1, -0.05) is 19.4 Å². The lowest BCUT2D eigenvalue weighted by atomic mass is 9.95. The minimum atomic E-state index is -0.992. The number of ether oxygens (including phenoxy) is 3. The molecule has 1 aromatic heterocycles. The monoisotopic (exact) mass is 509 g/mol. The van der Waals surface area contributed by atoms with Gasteiger partial charge in [-0.15, -0.1) is 0 Å². The van der Waals surface area contributed by atoms with E-state index in [1.807, 2.05) is 0 Å². The van der Waals surface area contributed by atoms with Crippen LogP contribution in [0.25, 0.3) is 5.76 Å². The highest BCUT2D eigenvalue weighted by Crippen LogP contribution is 2.43. The first-order valence-electron chi connectivity index (χ1n) is 11.8. The van der Waals surface area contributed by atoms with Crippen molar-refractivity contribution in [2.24, 2.45) is 0 Å². The third-order valence-electron chi connectivity index (χ3n) is 6.13. The van der Waals surface area contributed by atoms with Crippen molar-refractivity contribution in [1.29, 1.82) is 0 Å². The summed E-state index contributed by atoms with van der Waals surface area (Å²) in [7, 11) is 2.81. The van der Waals surface area contributed by atoms with Crippen LogP contribution in [0.4, 0.5) is 4.39 Å². The normalized spacial score (nSPS) is 16.8. The van der Waals surface area contributed by atoms with Gasteiger partial charge in [0, 0.05) is 5.56 Å². The van der Waals surface area contributed by atoms with Crippen molar-refractivity contribution in [2.75, 3.05) is 20.8 Å². The molecule has 1 unspecified atom stereocenters. The summed E-state index contributed by atoms with van der Waals surface area (Å²) in [5.74, 6) is -1.58. The van der Waals surface area contributed by atoms with Crippen LogP contribution >= 0.6 is 0 Å². The zero-order chi connectivity index (χ0) is 26.5. The zero-order valence-electron chi connectivity index (χ0n) is 20.8. The van der Waals surface area contributed by atoms with Crippen molar-refractivity contribution < 1.29 is 37.7 Å². The Balaban J connectivity index is 1.83. The highest BCUT2D eigenvalue weighted by atomic mass is 19.1. The number of ketones is 1. The van der Waals surface area contributed by atoms with E-state index in [-0.39, 0.29) is 23.4 Å². The van der Waals surface area contributed by atoms with Gasteiger partial charge in [-0.2, -0.15) is 0 Å². The van der Waals surface area contributed by atoms with Crippen molar-refractivity contribution in [3.63, 3.8) is 0 Å². The molecule has 1 amide bonds. The Morgan fingerprint density at radius 1 is 1.05 bits per heavy atom. The van der Waals surface area contributed by atoms with Gasteiger partial charge in [0.2, 0.25) is 0 Å². The maximum absolute atomic E-state index is 14.4. The molecule has 194 valence electrons. The Morgan fingerprint density at radius 3 is 2.46 bits per heavy atom. The summed E-state index contributed by atoms with van der Waals surface area (Å²) >= 11 is 0. The summed E-state index contributed by atoms with van der Waals surface area (Å²) in [5, 5.41) is 11.2. The van der Waals surface area contributed by atoms with Crippen molar-refractivity contribution in [3.8, 4) is 17.2 Å². The average molecular weight is 510 g/mol. The summed E-state index contributed by atoms with van der Waals surface area (Å²) in [6.07, 6.45) is 3.30. The van der Waals surface area contributed by atoms with E-state index in [0.717, 1.165) is 18.9 Å². The Morgan fingerprint density at radius 2 is 1.81 bits per heavy atom. The molecule has 2 aromatic carbocycles. The molecular weight excluding hydrogens is 481 g/mol. The molecule has 1 aliphatic heterocycles. The Kier molecular flexibility index (Phi) is 7.81. The number of halogens is 1. The quantitative estimate of drug-likeness (QED) is 0.173. The Hall–Kier alpha value is -4.27. The van der Waals surface area contributed by atoms with Gasteiger partial charge in [0.25, 0.3) is 11.7 Å². The fraction of sp³-hybridized carbons (Fsp3) is 0.286. The molecule has 8 nitrogen and oxygen atoms in total. The number of furan rings is 1. The van der Waals surface area contributed by atoms with E-state index in [0.29, 0.717) is 29.4 Å². The van der Waals surface area contributed by atoms with E-state index in [1.165, 1.54) is 37.5 Å². The van der Waals surface area contributed by atoms with E-state index in [2.05, 4.69) is 6.92 Å². The number of aliphatic hydroxyl groups excluding tert-OH is 1. The molecule has 0 aliphatic carbocycles. The van der Waals surface area contributed by atoms with Crippen LogP contribution in [0.15, 0.2) is 64.8 Å². The van der Waals surface area contributed by atoms with E-state index < -0.39 is 29.3 Å². The Bertz CT molecular complexity index is 1320. The maximum atomic E-state index is 14.4. The molecular formula is C28H28FNO7. The summed E-state index contributed by atoms with van der Waals surface area (Å²) in [6, 6.07) is 11.2. The molecule has 2 heterocycles. The first-order valence-corrected chi connectivity index (χ1v) is 11.8. The molecule has 0 radical (unpaired) electrons. The largest absolute Gasteiger partial charge is 0.507 e. The summed E-state index contributed by atoms with van der Waals surface area (Å²) in [5.41, 5.74) is 0.356. The lowest BCUT2D eigenvalue weighted by molar-refractivity contribution is -0.140. The minimum Gasteiger partial charge on any atom is -0.507 e. The highest BCUT2D eigenvalue weighted by molar-refractivity contribution is 6.46. The lowest BCUT2D eigenvalue weighted by Crippen LogP contribution is -2.29. The fourth-order valence-corrected chi connectivity index (χ4v) is 4.23. The van der Waals surface area contributed by atoms with Crippen LogP contribution in [-0.2, 0) is 16.1 Å². The van der Waals surface area contributed by atoms with Gasteiger partial charge in [-0.25, -0.2) is 4.39 Å². The number of unbranched alkanes of at least 4 members (excludes halogenated alkanes) is 1. The lowest BCUT2D eigenvalue weighted by Gasteiger charge is -2.25. The fourth-order valence-electron chi connectivity index (χ4n) is 4.23. The second kappa shape index (κ2) is 11.2.